The number of aryl methyl sites for hydroxylation is 1. The van der Waals surface area contributed by atoms with Gasteiger partial charge in [0.1, 0.15) is 0 Å². The number of hydrogen-bond acceptors (Lipinski definition) is 2. The van der Waals surface area contributed by atoms with E-state index in [4.69, 9.17) is 16.3 Å². The summed E-state index contributed by atoms with van der Waals surface area (Å²) in [7, 11) is 0. The van der Waals surface area contributed by atoms with Gasteiger partial charge in [-0.05, 0) is 24.1 Å². The largest absolute Gasteiger partial charge is 0.376 e. The van der Waals surface area contributed by atoms with Gasteiger partial charge in [0, 0.05) is 17.4 Å². The van der Waals surface area contributed by atoms with Crippen molar-refractivity contribution in [2.45, 2.75) is 26.4 Å². The predicted molar refractivity (Wildman–Crippen MR) is 69.5 cm³/mol. The van der Waals surface area contributed by atoms with Crippen LogP contribution in [0.5, 0.6) is 0 Å². The second kappa shape index (κ2) is 4.28. The fourth-order valence-electron chi connectivity index (χ4n) is 2.28. The number of benzene rings is 1. The summed E-state index contributed by atoms with van der Waals surface area (Å²) >= 11 is 6.47. The molecule has 0 saturated carbocycles. The summed E-state index contributed by atoms with van der Waals surface area (Å²) in [6, 6.07) is 6.33. The number of nitrogens with zero attached hydrogens (tertiary/aromatic N) is 1. The van der Waals surface area contributed by atoms with Crippen LogP contribution in [0.2, 0.25) is 5.02 Å². The summed E-state index contributed by atoms with van der Waals surface area (Å²) < 4.78 is 5.46. The normalized spacial score (nSPS) is 14.9. The number of ether oxygens (including phenoxy) is 1. The first-order valence-electron chi connectivity index (χ1n) is 5.97. The second-order valence-electron chi connectivity index (χ2n) is 4.36. The van der Waals surface area contributed by atoms with Crippen LogP contribution >= 0.6 is 11.6 Å². The molecule has 0 N–H and O–H groups in total. The maximum absolute atomic E-state index is 6.47. The van der Waals surface area contributed by atoms with Crippen LogP contribution in [0, 0.1) is 0 Å². The molecule has 0 saturated heterocycles. The number of halogens is 1. The number of hydrogen-bond donors (Lipinski definition) is 0. The molecule has 2 heterocycles. The van der Waals surface area contributed by atoms with Crippen molar-refractivity contribution < 1.29 is 4.74 Å². The number of pyridine rings is 1. The molecule has 2 nitrogen and oxygen atoms in total. The molecule has 0 bridgehead atoms. The van der Waals surface area contributed by atoms with Crippen molar-refractivity contribution in [1.82, 2.24) is 4.98 Å². The molecule has 0 fully saturated rings. The molecule has 0 amide bonds. The zero-order chi connectivity index (χ0) is 11.8. The third-order valence-corrected chi connectivity index (χ3v) is 3.74. The summed E-state index contributed by atoms with van der Waals surface area (Å²) in [6.07, 6.45) is 1.88. The Morgan fingerprint density at radius 3 is 3.12 bits per heavy atom. The molecule has 2 aromatic rings. The molecule has 0 radical (unpaired) electrons. The summed E-state index contributed by atoms with van der Waals surface area (Å²) in [6.45, 7) is 3.48. The van der Waals surface area contributed by atoms with Crippen molar-refractivity contribution in [1.29, 1.82) is 0 Å². The van der Waals surface area contributed by atoms with E-state index >= 15 is 0 Å². The molecule has 88 valence electrons. The minimum Gasteiger partial charge on any atom is -0.376 e. The van der Waals surface area contributed by atoms with E-state index < -0.39 is 0 Å². The molecule has 1 aromatic carbocycles. The van der Waals surface area contributed by atoms with E-state index in [9.17, 15) is 0 Å². The zero-order valence-electron chi connectivity index (χ0n) is 9.79. The summed E-state index contributed by atoms with van der Waals surface area (Å²) in [5.41, 5.74) is 4.45. The SMILES string of the molecule is CCc1ccc2nc3c(c(Cl)c2c1)COCC3. The van der Waals surface area contributed by atoms with Gasteiger partial charge in [-0.15, -0.1) is 0 Å². The van der Waals surface area contributed by atoms with E-state index in [1.165, 1.54) is 5.56 Å². The molecule has 0 spiro atoms. The monoisotopic (exact) mass is 247 g/mol. The van der Waals surface area contributed by atoms with Crippen molar-refractivity contribution in [3.05, 3.63) is 40.0 Å². The first-order valence-corrected chi connectivity index (χ1v) is 6.35. The average Bonchev–Trinajstić information content (AvgIpc) is 2.39. The Bertz CT molecular complexity index is 580. The molecular weight excluding hydrogens is 234 g/mol. The zero-order valence-corrected chi connectivity index (χ0v) is 10.5. The van der Waals surface area contributed by atoms with Crippen LogP contribution in [0.25, 0.3) is 10.9 Å². The van der Waals surface area contributed by atoms with Crippen LogP contribution in [0.3, 0.4) is 0 Å². The van der Waals surface area contributed by atoms with Crippen molar-refractivity contribution in [3.8, 4) is 0 Å². The Balaban J connectivity index is 2.28. The Morgan fingerprint density at radius 2 is 2.29 bits per heavy atom. The molecule has 1 aliphatic rings. The highest BCUT2D eigenvalue weighted by atomic mass is 35.5. The van der Waals surface area contributed by atoms with E-state index in [1.807, 2.05) is 0 Å². The summed E-state index contributed by atoms with van der Waals surface area (Å²) in [5, 5.41) is 1.87. The van der Waals surface area contributed by atoms with Gasteiger partial charge in [-0.1, -0.05) is 24.6 Å². The van der Waals surface area contributed by atoms with E-state index in [-0.39, 0.29) is 0 Å². The minimum absolute atomic E-state index is 0.591. The highest BCUT2D eigenvalue weighted by Gasteiger charge is 2.17. The van der Waals surface area contributed by atoms with Crippen molar-refractivity contribution >= 4 is 22.5 Å². The number of rotatable bonds is 1. The third-order valence-electron chi connectivity index (χ3n) is 3.30. The van der Waals surface area contributed by atoms with Gasteiger partial charge < -0.3 is 4.74 Å². The molecule has 3 rings (SSSR count). The highest BCUT2D eigenvalue weighted by molar-refractivity contribution is 6.36. The lowest BCUT2D eigenvalue weighted by Crippen LogP contribution is -2.12. The lowest BCUT2D eigenvalue weighted by atomic mass is 10.0. The van der Waals surface area contributed by atoms with Gasteiger partial charge in [0.2, 0.25) is 0 Å². The van der Waals surface area contributed by atoms with Crippen molar-refractivity contribution in [3.63, 3.8) is 0 Å². The Kier molecular flexibility index (Phi) is 2.77. The van der Waals surface area contributed by atoms with Crippen molar-refractivity contribution in [2.75, 3.05) is 6.61 Å². The third kappa shape index (κ3) is 1.81. The fourth-order valence-corrected chi connectivity index (χ4v) is 2.59. The molecule has 3 heteroatoms. The van der Waals surface area contributed by atoms with E-state index in [0.717, 1.165) is 46.6 Å². The minimum atomic E-state index is 0.591. The quantitative estimate of drug-likeness (QED) is 0.769. The maximum atomic E-state index is 6.47. The second-order valence-corrected chi connectivity index (χ2v) is 4.74. The Hall–Kier alpha value is -1.12. The van der Waals surface area contributed by atoms with E-state index in [0.29, 0.717) is 6.61 Å². The topological polar surface area (TPSA) is 22.1 Å². The van der Waals surface area contributed by atoms with Crippen LogP contribution in [0.15, 0.2) is 18.2 Å². The number of aromatic nitrogens is 1. The lowest BCUT2D eigenvalue weighted by Gasteiger charge is -2.18. The van der Waals surface area contributed by atoms with Crippen molar-refractivity contribution in [2.24, 2.45) is 0 Å². The van der Waals surface area contributed by atoms with Gasteiger partial charge in [-0.2, -0.15) is 0 Å². The molecule has 0 aliphatic carbocycles. The molecular formula is C14H14ClNO. The van der Waals surface area contributed by atoms with Gasteiger partial charge in [-0.3, -0.25) is 4.98 Å². The molecule has 0 unspecified atom stereocenters. The van der Waals surface area contributed by atoms with Crippen LogP contribution in [-0.4, -0.2) is 11.6 Å². The van der Waals surface area contributed by atoms with Gasteiger partial charge in [0.05, 0.1) is 29.4 Å². The van der Waals surface area contributed by atoms with E-state index in [1.54, 1.807) is 0 Å². The van der Waals surface area contributed by atoms with Gasteiger partial charge in [0.15, 0.2) is 0 Å². The predicted octanol–water partition coefficient (Wildman–Crippen LogP) is 3.52. The Morgan fingerprint density at radius 1 is 1.41 bits per heavy atom. The van der Waals surface area contributed by atoms with Crippen LogP contribution < -0.4 is 0 Å². The molecule has 17 heavy (non-hydrogen) atoms. The standard InChI is InChI=1S/C14H14ClNO/c1-2-9-3-4-12-10(7-9)14(15)11-8-17-6-5-13(11)16-12/h3-4,7H,2,5-6,8H2,1H3. The highest BCUT2D eigenvalue weighted by Crippen LogP contribution is 2.31. The first-order chi connectivity index (χ1) is 8.29. The molecule has 0 atom stereocenters. The first kappa shape index (κ1) is 11.0. The summed E-state index contributed by atoms with van der Waals surface area (Å²) in [5.74, 6) is 0. The van der Waals surface area contributed by atoms with Gasteiger partial charge >= 0.3 is 0 Å². The molecule has 1 aliphatic heterocycles. The van der Waals surface area contributed by atoms with Gasteiger partial charge in [0.25, 0.3) is 0 Å². The van der Waals surface area contributed by atoms with Crippen LogP contribution in [-0.2, 0) is 24.2 Å². The van der Waals surface area contributed by atoms with E-state index in [2.05, 4.69) is 30.1 Å². The number of fused-ring (bicyclic) bond motifs is 2. The lowest BCUT2D eigenvalue weighted by molar-refractivity contribution is 0.109. The van der Waals surface area contributed by atoms with Crippen LogP contribution in [0.4, 0.5) is 0 Å². The Labute approximate surface area is 106 Å². The smallest absolute Gasteiger partial charge is 0.0749 e. The molecule has 1 aromatic heterocycles. The summed E-state index contributed by atoms with van der Waals surface area (Å²) in [4.78, 5) is 4.69. The maximum Gasteiger partial charge on any atom is 0.0749 e. The van der Waals surface area contributed by atoms with Gasteiger partial charge in [-0.25, -0.2) is 0 Å². The van der Waals surface area contributed by atoms with Crippen LogP contribution in [0.1, 0.15) is 23.7 Å². The fraction of sp³-hybridized carbons (Fsp3) is 0.357. The average molecular weight is 248 g/mol.